The topological polar surface area (TPSA) is 275 Å². The highest BCUT2D eigenvalue weighted by Gasteiger charge is 2.26. The zero-order valence-electron chi connectivity index (χ0n) is 33.9. The van der Waals surface area contributed by atoms with E-state index < -0.39 is 40.5 Å². The van der Waals surface area contributed by atoms with Crippen LogP contribution in [0, 0.1) is 0 Å². The van der Waals surface area contributed by atoms with Crippen molar-refractivity contribution in [3.05, 3.63) is 143 Å². The lowest BCUT2D eigenvalue weighted by atomic mass is 9.93. The number of aromatic amines is 2. The first kappa shape index (κ1) is 44.1. The lowest BCUT2D eigenvalue weighted by Gasteiger charge is -2.19. The van der Waals surface area contributed by atoms with E-state index in [0.29, 0.717) is 123 Å². The van der Waals surface area contributed by atoms with Crippen molar-refractivity contribution in [3.8, 4) is 44.5 Å². The summed E-state index contributed by atoms with van der Waals surface area (Å²) >= 11 is 0. The van der Waals surface area contributed by atoms with E-state index in [1.54, 1.807) is 48.5 Å². The van der Waals surface area contributed by atoms with Crippen molar-refractivity contribution in [2.75, 3.05) is 0 Å². The third-order valence-corrected chi connectivity index (χ3v) is 15.1. The molecule has 16 nitrogen and oxygen atoms in total. The summed E-state index contributed by atoms with van der Waals surface area (Å²) in [4.78, 5) is 16.5. The number of nitrogens with one attached hydrogen (secondary N) is 2. The van der Waals surface area contributed by atoms with Crippen LogP contribution in [0.2, 0.25) is 0 Å². The third kappa shape index (κ3) is 8.86. The van der Waals surface area contributed by atoms with Crippen molar-refractivity contribution in [2.24, 2.45) is 0 Å². The van der Waals surface area contributed by atoms with Crippen LogP contribution in [0.5, 0.6) is 0 Å². The van der Waals surface area contributed by atoms with Gasteiger partial charge in [-0.05, 0) is 128 Å². The van der Waals surface area contributed by atoms with Crippen LogP contribution in [0.4, 0.5) is 0 Å². The zero-order valence-corrected chi connectivity index (χ0v) is 37.2. The maximum atomic E-state index is 12.1. The van der Waals surface area contributed by atoms with E-state index in [4.69, 9.17) is 9.97 Å². The molecule has 20 heteroatoms. The summed E-state index contributed by atoms with van der Waals surface area (Å²) in [5.41, 5.74) is 10.1. The van der Waals surface area contributed by atoms with Crippen LogP contribution in [-0.4, -0.2) is 71.8 Å². The van der Waals surface area contributed by atoms with Gasteiger partial charge in [0.2, 0.25) is 0 Å². The van der Waals surface area contributed by atoms with E-state index >= 15 is 0 Å². The molecule has 8 bridgehead atoms. The van der Waals surface area contributed by atoms with Crippen LogP contribution >= 0.6 is 0 Å². The van der Waals surface area contributed by atoms with Crippen molar-refractivity contribution < 1.29 is 51.9 Å². The molecule has 6 aromatic rings. The second kappa shape index (κ2) is 16.4. The molecule has 0 atom stereocenters. The van der Waals surface area contributed by atoms with E-state index in [2.05, 4.69) is 9.97 Å². The first-order valence-corrected chi connectivity index (χ1v) is 25.9. The Kier molecular flexibility index (Phi) is 11.1. The fraction of sp³-hybridized carbons (Fsp3) is 0.156. The molecule has 9 rings (SSSR count). The van der Waals surface area contributed by atoms with Gasteiger partial charge in [-0.15, -0.1) is 0 Å². The maximum Gasteiger partial charge on any atom is 0.294 e. The van der Waals surface area contributed by atoms with Crippen LogP contribution < -0.4 is 0 Å². The third-order valence-electron chi connectivity index (χ3n) is 11.6. The molecule has 0 fully saturated rings. The van der Waals surface area contributed by atoms with Crippen LogP contribution in [-0.2, 0) is 79.0 Å². The molecule has 6 N–H and O–H groups in total. The Hall–Kier alpha value is -6.10. The summed E-state index contributed by atoms with van der Waals surface area (Å²) in [6.07, 6.45) is 3.37. The number of benzene rings is 4. The van der Waals surface area contributed by atoms with Crippen LogP contribution in [0.15, 0.2) is 129 Å². The molecular weight excluding hydrogens is 917 g/mol. The number of hydrogen-bond donors (Lipinski definition) is 6. The predicted molar refractivity (Wildman–Crippen MR) is 240 cm³/mol. The average molecular weight is 955 g/mol. The smallest absolute Gasteiger partial charge is 0.294 e. The van der Waals surface area contributed by atoms with Crippen molar-refractivity contribution in [1.82, 2.24) is 19.9 Å². The molecular formula is C45H38N4O12S4. The highest BCUT2D eigenvalue weighted by Crippen LogP contribution is 2.39. The molecule has 0 saturated carbocycles. The van der Waals surface area contributed by atoms with Gasteiger partial charge in [-0.3, -0.25) is 28.2 Å². The van der Waals surface area contributed by atoms with Gasteiger partial charge in [-0.2, -0.15) is 33.7 Å². The van der Waals surface area contributed by atoms with Crippen molar-refractivity contribution in [3.63, 3.8) is 0 Å². The summed E-state index contributed by atoms with van der Waals surface area (Å²) in [6.45, 7) is 0. The molecule has 4 aromatic carbocycles. The Balaban J connectivity index is 1.44. The van der Waals surface area contributed by atoms with Crippen molar-refractivity contribution in [1.29, 1.82) is 0 Å². The quantitative estimate of drug-likeness (QED) is 0.0810. The van der Waals surface area contributed by atoms with E-state index in [9.17, 15) is 51.9 Å². The molecule has 0 aliphatic carbocycles. The lowest BCUT2D eigenvalue weighted by molar-refractivity contribution is 0.481. The fourth-order valence-electron chi connectivity index (χ4n) is 8.72. The van der Waals surface area contributed by atoms with Gasteiger partial charge in [0.25, 0.3) is 40.5 Å². The van der Waals surface area contributed by atoms with Gasteiger partial charge in [-0.1, -0.05) is 48.5 Å². The zero-order chi connectivity index (χ0) is 46.1. The Morgan fingerprint density at radius 2 is 0.600 bits per heavy atom. The second-order valence-electron chi connectivity index (χ2n) is 15.7. The highest BCUT2D eigenvalue weighted by molar-refractivity contribution is 7.86. The molecule has 0 unspecified atom stereocenters. The minimum atomic E-state index is -4.52. The Morgan fingerprint density at radius 1 is 0.338 bits per heavy atom. The average Bonchev–Trinajstić information content (AvgIpc) is 4.04. The van der Waals surface area contributed by atoms with Gasteiger partial charge < -0.3 is 9.97 Å². The molecule has 2 aromatic heterocycles. The summed E-state index contributed by atoms with van der Waals surface area (Å²) in [7, 11) is -18.1. The van der Waals surface area contributed by atoms with Crippen LogP contribution in [0.1, 0.15) is 40.6 Å². The minimum Gasteiger partial charge on any atom is -0.361 e. The number of nitrogens with zero attached hydrogens (tertiary/aromatic N) is 2. The van der Waals surface area contributed by atoms with Crippen molar-refractivity contribution in [2.45, 2.75) is 64.5 Å². The van der Waals surface area contributed by atoms with E-state index in [1.807, 2.05) is 12.1 Å². The molecule has 0 spiro atoms. The van der Waals surface area contributed by atoms with Gasteiger partial charge in [0.15, 0.2) is 0 Å². The van der Waals surface area contributed by atoms with Gasteiger partial charge in [0, 0.05) is 44.7 Å². The van der Waals surface area contributed by atoms with Crippen LogP contribution in [0.25, 0.3) is 55.5 Å². The number of aromatic nitrogens is 4. The molecule has 0 radical (unpaired) electrons. The van der Waals surface area contributed by atoms with Gasteiger partial charge >= 0.3 is 0 Å². The van der Waals surface area contributed by atoms with Crippen molar-refractivity contribution >= 4 is 51.5 Å². The molecule has 334 valence electrons. The molecule has 0 saturated heterocycles. The summed E-state index contributed by atoms with van der Waals surface area (Å²) in [6, 6.07) is 26.7. The number of H-pyrrole nitrogens is 2. The molecule has 0 amide bonds. The van der Waals surface area contributed by atoms with Gasteiger partial charge in [0.1, 0.15) is 0 Å². The van der Waals surface area contributed by atoms with E-state index in [0.717, 1.165) is 11.4 Å². The molecule has 65 heavy (non-hydrogen) atoms. The normalized spacial score (nSPS) is 14.2. The van der Waals surface area contributed by atoms with E-state index in [1.165, 1.54) is 48.5 Å². The Morgan fingerprint density at radius 3 is 0.877 bits per heavy atom. The van der Waals surface area contributed by atoms with Crippen LogP contribution in [0.3, 0.4) is 0 Å². The molecule has 3 aliphatic heterocycles. The van der Waals surface area contributed by atoms with Gasteiger partial charge in [-0.25, -0.2) is 0 Å². The monoisotopic (exact) mass is 954 g/mol. The fourth-order valence-corrected chi connectivity index (χ4v) is 10.6. The Bertz CT molecular complexity index is 3350. The maximum absolute atomic E-state index is 12.1. The Labute approximate surface area is 373 Å². The minimum absolute atomic E-state index is 0.295. The number of aryl methyl sites for hydroxylation is 6. The van der Waals surface area contributed by atoms with E-state index in [-0.39, 0.29) is 19.6 Å². The summed E-state index contributed by atoms with van der Waals surface area (Å²) in [5, 5.41) is 0. The van der Waals surface area contributed by atoms with Gasteiger partial charge in [0.05, 0.1) is 42.4 Å². The number of hydrogen-bond acceptors (Lipinski definition) is 10. The SMILES string of the molecule is O=S(=O)(O)c1ccc(-c2c3nc(c(-c4ccc(S(=O)(=O)O)cc4)c4ccc([nH]4)c(-c4ccc(S(=O)(=O)O)cc4)c4nc(c(-c5ccc(S(=O)(=O)O)cc5)c5[nH]c2CCC5)CC4)CC3)cc1. The molecule has 3 aliphatic rings. The first-order valence-electron chi connectivity index (χ1n) is 20.1. The summed E-state index contributed by atoms with van der Waals surface area (Å²) in [5.74, 6) is 0. The lowest BCUT2D eigenvalue weighted by Crippen LogP contribution is -2.08. The summed E-state index contributed by atoms with van der Waals surface area (Å²) < 4.78 is 136. The highest BCUT2D eigenvalue weighted by atomic mass is 32.2. The first-order chi connectivity index (χ1) is 30.7. The standard InChI is InChI=1S/C45H38N4O12S4/c50-62(51,52)30-12-4-26(5-13-30)42-34-2-1-3-35(46-34)43(27-6-14-31(15-7-27)63(53,54)55)37-21-23-39(48-37)45(29-10-18-33(19-11-29)65(59,60)61)41-25-24-40(49-41)44(38-22-20-36(42)47-38)28-8-16-32(17-9-28)64(56,57)58/h4-19,24-25,46,49H,1-3,20-23H2,(H,50,51,52)(H,53,54,55)(H,56,57,58)(H,59,60,61). The largest absolute Gasteiger partial charge is 0.361 e. The predicted octanol–water partition coefficient (Wildman–Crippen LogP) is 7.44. The number of fused-ring (bicyclic) bond motifs is 8. The molecule has 5 heterocycles. The second-order valence-corrected chi connectivity index (χ2v) is 21.4. The number of rotatable bonds is 8.